The minimum Gasteiger partial charge on any atom is -0.481 e. The number of imide groups is 1. The van der Waals surface area contributed by atoms with Gasteiger partial charge in [-0.15, -0.1) is 0 Å². The number of nitrogens with zero attached hydrogens (tertiary/aromatic N) is 1. The molecule has 0 saturated carbocycles. The fourth-order valence-corrected chi connectivity index (χ4v) is 3.73. The van der Waals surface area contributed by atoms with Crippen molar-refractivity contribution in [3.63, 3.8) is 0 Å². The first-order chi connectivity index (χ1) is 10.4. The lowest BCUT2D eigenvalue weighted by Gasteiger charge is -2.13. The third kappa shape index (κ3) is 6.69. The maximum Gasteiger partial charge on any atom is 0.303 e. The number of carboxylic acid groups (broad SMARTS) is 1. The highest BCUT2D eigenvalue weighted by Crippen LogP contribution is 2.23. The minimum atomic E-state index is -0.986. The number of carbonyl (C=O) groups is 4. The van der Waals surface area contributed by atoms with Gasteiger partial charge in [0.25, 0.3) is 0 Å². The molecule has 1 atom stereocenters. The normalized spacial score (nSPS) is 17.9. The SMILES string of the molecule is CC1CC(=O)N(CCSSCCNC(=O)CCC(=O)O)C1=O. The Hall–Kier alpha value is -1.22. The minimum absolute atomic E-state index is 0.00941. The van der Waals surface area contributed by atoms with Crippen LogP contribution in [-0.4, -0.2) is 58.3 Å². The summed E-state index contributed by atoms with van der Waals surface area (Å²) in [6.07, 6.45) is 0.133. The van der Waals surface area contributed by atoms with Crippen molar-refractivity contribution in [2.75, 3.05) is 24.6 Å². The molecule has 1 rings (SSSR count). The number of carboxylic acids is 1. The number of likely N-dealkylation sites (tertiary alicyclic amines) is 1. The van der Waals surface area contributed by atoms with E-state index in [2.05, 4.69) is 5.32 Å². The molecule has 1 fully saturated rings. The predicted molar refractivity (Wildman–Crippen MR) is 85.3 cm³/mol. The van der Waals surface area contributed by atoms with Crippen molar-refractivity contribution >= 4 is 45.3 Å². The van der Waals surface area contributed by atoms with Gasteiger partial charge in [-0.1, -0.05) is 28.5 Å². The van der Waals surface area contributed by atoms with Gasteiger partial charge in [-0.05, 0) is 0 Å². The van der Waals surface area contributed by atoms with Crippen LogP contribution in [0.2, 0.25) is 0 Å². The number of amides is 3. The monoisotopic (exact) mass is 348 g/mol. The molecule has 0 aromatic rings. The summed E-state index contributed by atoms with van der Waals surface area (Å²) in [6.45, 7) is 2.65. The molecule has 9 heteroatoms. The standard InChI is InChI=1S/C13H20N2O5S2/c1-9-8-11(17)15(13(9)20)5-7-22-21-6-4-14-10(16)2-3-12(18)19/h9H,2-8H2,1H3,(H,14,16)(H,18,19). The third-order valence-electron chi connectivity index (χ3n) is 3.02. The zero-order valence-corrected chi connectivity index (χ0v) is 14.0. The van der Waals surface area contributed by atoms with Crippen molar-refractivity contribution in [3.05, 3.63) is 0 Å². The van der Waals surface area contributed by atoms with Gasteiger partial charge in [0.2, 0.25) is 17.7 Å². The highest BCUT2D eigenvalue weighted by atomic mass is 33.1. The summed E-state index contributed by atoms with van der Waals surface area (Å²) in [5.74, 6) is -0.319. The molecule has 2 N–H and O–H groups in total. The van der Waals surface area contributed by atoms with Crippen LogP contribution in [0.5, 0.6) is 0 Å². The highest BCUT2D eigenvalue weighted by Gasteiger charge is 2.34. The first-order valence-electron chi connectivity index (χ1n) is 6.99. The van der Waals surface area contributed by atoms with E-state index in [1.165, 1.54) is 4.90 Å². The summed E-state index contributed by atoms with van der Waals surface area (Å²) in [5, 5.41) is 11.1. The van der Waals surface area contributed by atoms with Gasteiger partial charge in [0.05, 0.1) is 6.42 Å². The molecule has 1 aliphatic heterocycles. The van der Waals surface area contributed by atoms with Crippen LogP contribution in [0.3, 0.4) is 0 Å². The van der Waals surface area contributed by atoms with E-state index in [9.17, 15) is 19.2 Å². The van der Waals surface area contributed by atoms with Gasteiger partial charge in [0, 0.05) is 43.4 Å². The van der Waals surface area contributed by atoms with E-state index in [1.54, 1.807) is 28.5 Å². The van der Waals surface area contributed by atoms with Gasteiger partial charge in [0.1, 0.15) is 0 Å². The molecule has 7 nitrogen and oxygen atoms in total. The highest BCUT2D eigenvalue weighted by molar-refractivity contribution is 8.76. The zero-order valence-electron chi connectivity index (χ0n) is 12.4. The van der Waals surface area contributed by atoms with Crippen LogP contribution < -0.4 is 5.32 Å². The van der Waals surface area contributed by atoms with Crippen molar-refractivity contribution in [1.29, 1.82) is 0 Å². The molecule has 0 aliphatic carbocycles. The number of hydrogen-bond acceptors (Lipinski definition) is 6. The van der Waals surface area contributed by atoms with E-state index in [1.807, 2.05) is 0 Å². The molecule has 0 aromatic heterocycles. The van der Waals surface area contributed by atoms with E-state index < -0.39 is 5.97 Å². The van der Waals surface area contributed by atoms with Crippen LogP contribution in [-0.2, 0) is 19.2 Å². The van der Waals surface area contributed by atoms with Crippen LogP contribution in [0.15, 0.2) is 0 Å². The molecular formula is C13H20N2O5S2. The second kappa shape index (κ2) is 9.73. The topological polar surface area (TPSA) is 104 Å². The lowest BCUT2D eigenvalue weighted by atomic mass is 10.1. The Kier molecular flexibility index (Phi) is 8.32. The Morgan fingerprint density at radius 3 is 2.55 bits per heavy atom. The summed E-state index contributed by atoms with van der Waals surface area (Å²) < 4.78 is 0. The van der Waals surface area contributed by atoms with Crippen LogP contribution in [0.25, 0.3) is 0 Å². The molecule has 0 spiro atoms. The lowest BCUT2D eigenvalue weighted by molar-refractivity contribution is -0.139. The second-order valence-corrected chi connectivity index (χ2v) is 7.58. The molecule has 22 heavy (non-hydrogen) atoms. The van der Waals surface area contributed by atoms with E-state index in [0.29, 0.717) is 31.0 Å². The molecule has 1 unspecified atom stereocenters. The first-order valence-corrected chi connectivity index (χ1v) is 9.47. The first kappa shape index (κ1) is 18.8. The van der Waals surface area contributed by atoms with Gasteiger partial charge in [-0.3, -0.25) is 24.1 Å². The van der Waals surface area contributed by atoms with E-state index in [-0.39, 0.29) is 36.5 Å². The van der Waals surface area contributed by atoms with Crippen molar-refractivity contribution in [2.24, 2.45) is 5.92 Å². The quantitative estimate of drug-likeness (QED) is 0.341. The molecule has 3 amide bonds. The molecule has 1 saturated heterocycles. The zero-order chi connectivity index (χ0) is 16.5. The molecular weight excluding hydrogens is 328 g/mol. The fourth-order valence-electron chi connectivity index (χ4n) is 1.87. The van der Waals surface area contributed by atoms with Gasteiger partial charge in [-0.25, -0.2) is 0 Å². The maximum atomic E-state index is 11.7. The average molecular weight is 348 g/mol. The largest absolute Gasteiger partial charge is 0.481 e. The summed E-state index contributed by atoms with van der Waals surface area (Å²) in [6, 6.07) is 0. The Morgan fingerprint density at radius 2 is 1.95 bits per heavy atom. The maximum absolute atomic E-state index is 11.7. The number of nitrogens with one attached hydrogen (secondary N) is 1. The summed E-state index contributed by atoms with van der Waals surface area (Å²) >= 11 is 0. The smallest absolute Gasteiger partial charge is 0.303 e. The van der Waals surface area contributed by atoms with Gasteiger partial charge < -0.3 is 10.4 Å². The van der Waals surface area contributed by atoms with Crippen molar-refractivity contribution in [1.82, 2.24) is 10.2 Å². The molecule has 0 bridgehead atoms. The second-order valence-electron chi connectivity index (χ2n) is 4.88. The van der Waals surface area contributed by atoms with E-state index >= 15 is 0 Å². The molecule has 124 valence electrons. The van der Waals surface area contributed by atoms with E-state index in [0.717, 1.165) is 0 Å². The number of hydrogen-bond donors (Lipinski definition) is 2. The van der Waals surface area contributed by atoms with Crippen molar-refractivity contribution < 1.29 is 24.3 Å². The van der Waals surface area contributed by atoms with Crippen LogP contribution in [0.4, 0.5) is 0 Å². The average Bonchev–Trinajstić information content (AvgIpc) is 2.70. The molecule has 0 aromatic carbocycles. The summed E-state index contributed by atoms with van der Waals surface area (Å²) in [5.41, 5.74) is 0. The van der Waals surface area contributed by atoms with Crippen molar-refractivity contribution in [2.45, 2.75) is 26.2 Å². The van der Waals surface area contributed by atoms with Crippen LogP contribution >= 0.6 is 21.6 Å². The summed E-state index contributed by atoms with van der Waals surface area (Å²) in [4.78, 5) is 46.1. The van der Waals surface area contributed by atoms with E-state index in [4.69, 9.17) is 5.11 Å². The Balaban J connectivity index is 2.00. The Bertz CT molecular complexity index is 444. The van der Waals surface area contributed by atoms with Crippen LogP contribution in [0, 0.1) is 5.92 Å². The molecule has 0 radical (unpaired) electrons. The van der Waals surface area contributed by atoms with Crippen LogP contribution in [0.1, 0.15) is 26.2 Å². The fraction of sp³-hybridized carbons (Fsp3) is 0.692. The van der Waals surface area contributed by atoms with Gasteiger partial charge in [0.15, 0.2) is 0 Å². The lowest BCUT2D eigenvalue weighted by Crippen LogP contribution is -2.32. The summed E-state index contributed by atoms with van der Waals surface area (Å²) in [7, 11) is 3.08. The molecule has 1 aliphatic rings. The van der Waals surface area contributed by atoms with Crippen molar-refractivity contribution in [3.8, 4) is 0 Å². The Labute approximate surface area is 137 Å². The molecule has 1 heterocycles. The van der Waals surface area contributed by atoms with Gasteiger partial charge >= 0.3 is 5.97 Å². The number of rotatable bonds is 10. The number of carbonyl (C=O) groups excluding carboxylic acids is 3. The third-order valence-corrected chi connectivity index (χ3v) is 5.41. The predicted octanol–water partition coefficient (Wildman–Crippen LogP) is 0.744. The Morgan fingerprint density at radius 1 is 1.27 bits per heavy atom. The number of aliphatic carboxylic acids is 1. The van der Waals surface area contributed by atoms with Gasteiger partial charge in [-0.2, -0.15) is 0 Å².